The van der Waals surface area contributed by atoms with E-state index in [2.05, 4.69) is 5.92 Å². The van der Waals surface area contributed by atoms with Crippen LogP contribution in [0.15, 0.2) is 47.6 Å². The molecule has 0 amide bonds. The fourth-order valence-corrected chi connectivity index (χ4v) is 1.36. The summed E-state index contributed by atoms with van der Waals surface area (Å²) < 4.78 is 0. The van der Waals surface area contributed by atoms with E-state index in [1.165, 1.54) is 0 Å². The van der Waals surface area contributed by atoms with Crippen LogP contribution in [-0.2, 0) is 4.79 Å². The highest BCUT2D eigenvalue weighted by Gasteiger charge is 2.10. The lowest BCUT2D eigenvalue weighted by atomic mass is 10.0. The molecule has 88 valence electrons. The Bertz CT molecular complexity index is 569. The van der Waals surface area contributed by atoms with Crippen LogP contribution in [0.4, 0.5) is 0 Å². The molecule has 0 heterocycles. The van der Waals surface area contributed by atoms with Gasteiger partial charge in [-0.25, -0.2) is 4.79 Å². The zero-order valence-electron chi connectivity index (χ0n) is 9.63. The molecule has 0 saturated heterocycles. The first-order valence-electron chi connectivity index (χ1n) is 5.22. The van der Waals surface area contributed by atoms with E-state index in [1.807, 2.05) is 30.3 Å². The van der Waals surface area contributed by atoms with Crippen molar-refractivity contribution in [2.24, 2.45) is 0 Å². The summed E-state index contributed by atoms with van der Waals surface area (Å²) in [6, 6.07) is 11.0. The van der Waals surface area contributed by atoms with Gasteiger partial charge in [-0.15, -0.1) is 12.3 Å². The topological polar surface area (TPSA) is 61.1 Å². The highest BCUT2D eigenvalue weighted by atomic mass is 16.4. The summed E-state index contributed by atoms with van der Waals surface area (Å²) in [5.41, 5.74) is 0.922. The highest BCUT2D eigenvalue weighted by Crippen LogP contribution is 2.13. The van der Waals surface area contributed by atoms with Gasteiger partial charge in [-0.05, 0) is 11.1 Å². The molecule has 0 aliphatic carbocycles. The van der Waals surface area contributed by atoms with Crippen LogP contribution in [0.2, 0.25) is 0 Å². The van der Waals surface area contributed by atoms with Gasteiger partial charge in [0.25, 0.3) is 0 Å². The van der Waals surface area contributed by atoms with Gasteiger partial charge >= 0.3 is 5.97 Å². The minimum atomic E-state index is -1.26. The SMILES string of the molecule is C#CCC(C=Cc1ccccc1)=C(C#N)C(=O)O. The van der Waals surface area contributed by atoms with E-state index in [0.29, 0.717) is 5.57 Å². The van der Waals surface area contributed by atoms with Crippen LogP contribution in [0, 0.1) is 23.7 Å². The molecule has 18 heavy (non-hydrogen) atoms. The number of nitriles is 1. The Balaban J connectivity index is 3.10. The van der Waals surface area contributed by atoms with Crippen molar-refractivity contribution < 1.29 is 9.90 Å². The molecule has 1 aromatic rings. The predicted molar refractivity (Wildman–Crippen MR) is 69.2 cm³/mol. The first kappa shape index (κ1) is 13.3. The summed E-state index contributed by atoms with van der Waals surface area (Å²) >= 11 is 0. The first-order chi connectivity index (χ1) is 8.69. The van der Waals surface area contributed by atoms with Crippen LogP contribution in [-0.4, -0.2) is 11.1 Å². The van der Waals surface area contributed by atoms with Crippen LogP contribution >= 0.6 is 0 Å². The summed E-state index contributed by atoms with van der Waals surface area (Å²) in [5, 5.41) is 17.7. The molecule has 3 nitrogen and oxygen atoms in total. The Morgan fingerprint density at radius 2 is 2.06 bits per heavy atom. The van der Waals surface area contributed by atoms with E-state index in [9.17, 15) is 4.79 Å². The van der Waals surface area contributed by atoms with E-state index in [4.69, 9.17) is 16.8 Å². The zero-order valence-corrected chi connectivity index (χ0v) is 9.63. The molecule has 1 rings (SSSR count). The van der Waals surface area contributed by atoms with Gasteiger partial charge < -0.3 is 5.11 Å². The van der Waals surface area contributed by atoms with Crippen LogP contribution in [0.3, 0.4) is 0 Å². The Kier molecular flexibility index (Phi) is 4.97. The second-order valence-corrected chi connectivity index (χ2v) is 3.44. The highest BCUT2D eigenvalue weighted by molar-refractivity contribution is 5.93. The summed E-state index contributed by atoms with van der Waals surface area (Å²) in [7, 11) is 0. The molecule has 3 heteroatoms. The van der Waals surface area contributed by atoms with Crippen molar-refractivity contribution >= 4 is 12.0 Å². The monoisotopic (exact) mass is 237 g/mol. The van der Waals surface area contributed by atoms with Gasteiger partial charge in [-0.1, -0.05) is 42.5 Å². The van der Waals surface area contributed by atoms with Gasteiger partial charge in [0.1, 0.15) is 11.6 Å². The van der Waals surface area contributed by atoms with E-state index in [0.717, 1.165) is 5.56 Å². The van der Waals surface area contributed by atoms with Crippen molar-refractivity contribution in [2.45, 2.75) is 6.42 Å². The van der Waals surface area contributed by atoms with E-state index >= 15 is 0 Å². The molecule has 0 saturated carbocycles. The van der Waals surface area contributed by atoms with Gasteiger partial charge in [0.05, 0.1) is 0 Å². The molecule has 0 bridgehead atoms. The molecule has 0 spiro atoms. The zero-order chi connectivity index (χ0) is 13.4. The average Bonchev–Trinajstić information content (AvgIpc) is 2.37. The van der Waals surface area contributed by atoms with E-state index in [1.54, 1.807) is 18.2 Å². The molecule has 1 N–H and O–H groups in total. The van der Waals surface area contributed by atoms with Gasteiger partial charge in [0.15, 0.2) is 0 Å². The number of carboxylic acids is 1. The van der Waals surface area contributed by atoms with Crippen LogP contribution in [0.25, 0.3) is 6.08 Å². The summed E-state index contributed by atoms with van der Waals surface area (Å²) in [5.74, 6) is 1.09. The molecule has 0 aliphatic rings. The molecule has 0 unspecified atom stereocenters. The molecule has 0 radical (unpaired) electrons. The van der Waals surface area contributed by atoms with Gasteiger partial charge in [-0.3, -0.25) is 0 Å². The van der Waals surface area contributed by atoms with Crippen molar-refractivity contribution in [3.63, 3.8) is 0 Å². The standard InChI is InChI=1S/C15H11NO2/c1-2-6-13(14(11-16)15(17)18)10-9-12-7-4-3-5-8-12/h1,3-5,7-10H,6H2,(H,17,18). The minimum absolute atomic E-state index is 0.110. The maximum atomic E-state index is 10.9. The van der Waals surface area contributed by atoms with Crippen molar-refractivity contribution in [3.05, 3.63) is 53.1 Å². The van der Waals surface area contributed by atoms with Gasteiger partial charge in [0, 0.05) is 6.42 Å². The number of aliphatic carboxylic acids is 1. The molecular weight excluding hydrogens is 226 g/mol. The lowest BCUT2D eigenvalue weighted by molar-refractivity contribution is -0.132. The Morgan fingerprint density at radius 1 is 1.39 bits per heavy atom. The number of carboxylic acid groups (broad SMARTS) is 1. The summed E-state index contributed by atoms with van der Waals surface area (Å²) in [6.07, 6.45) is 8.58. The first-order valence-corrected chi connectivity index (χ1v) is 5.22. The second kappa shape index (κ2) is 6.73. The van der Waals surface area contributed by atoms with Crippen LogP contribution in [0.5, 0.6) is 0 Å². The maximum absolute atomic E-state index is 10.9. The van der Waals surface area contributed by atoms with Crippen molar-refractivity contribution in [1.29, 1.82) is 5.26 Å². The quantitative estimate of drug-likeness (QED) is 0.379. The molecule has 0 aromatic heterocycles. The smallest absolute Gasteiger partial charge is 0.346 e. The van der Waals surface area contributed by atoms with Crippen LogP contribution in [0.1, 0.15) is 12.0 Å². The van der Waals surface area contributed by atoms with Crippen LogP contribution < -0.4 is 0 Å². The maximum Gasteiger partial charge on any atom is 0.346 e. The third-order valence-corrected chi connectivity index (χ3v) is 2.22. The lowest BCUT2D eigenvalue weighted by Crippen LogP contribution is -2.01. The van der Waals surface area contributed by atoms with E-state index in [-0.39, 0.29) is 12.0 Å². The second-order valence-electron chi connectivity index (χ2n) is 3.44. The summed E-state index contributed by atoms with van der Waals surface area (Å²) in [4.78, 5) is 10.9. The molecule has 0 aliphatic heterocycles. The third-order valence-electron chi connectivity index (χ3n) is 2.22. The number of terminal acetylenes is 1. The Hall–Kier alpha value is -2.78. The minimum Gasteiger partial charge on any atom is -0.477 e. The predicted octanol–water partition coefficient (Wildman–Crippen LogP) is 2.63. The number of benzene rings is 1. The number of carbonyl (C=O) groups is 1. The molecule has 0 atom stereocenters. The van der Waals surface area contributed by atoms with Gasteiger partial charge in [-0.2, -0.15) is 5.26 Å². The molecule has 1 aromatic carbocycles. The van der Waals surface area contributed by atoms with E-state index < -0.39 is 5.97 Å². The van der Waals surface area contributed by atoms with Crippen molar-refractivity contribution in [3.8, 4) is 18.4 Å². The Morgan fingerprint density at radius 3 is 2.56 bits per heavy atom. The number of rotatable bonds is 4. The number of allylic oxidation sites excluding steroid dienone is 2. The average molecular weight is 237 g/mol. The van der Waals surface area contributed by atoms with Crippen molar-refractivity contribution in [1.82, 2.24) is 0 Å². The number of hydrogen-bond donors (Lipinski definition) is 1. The summed E-state index contributed by atoms with van der Waals surface area (Å²) in [6.45, 7) is 0. The largest absolute Gasteiger partial charge is 0.477 e. The number of nitrogens with zero attached hydrogens (tertiary/aromatic N) is 1. The normalized spacial score (nSPS) is 11.4. The number of hydrogen-bond acceptors (Lipinski definition) is 2. The third kappa shape index (κ3) is 3.66. The van der Waals surface area contributed by atoms with Crippen molar-refractivity contribution in [2.75, 3.05) is 0 Å². The fourth-order valence-electron chi connectivity index (χ4n) is 1.36. The molecule has 0 fully saturated rings. The lowest BCUT2D eigenvalue weighted by Gasteiger charge is -1.99. The molecular formula is C15H11NO2. The van der Waals surface area contributed by atoms with Gasteiger partial charge in [0.2, 0.25) is 0 Å². The fraction of sp³-hybridized carbons (Fsp3) is 0.0667. The Labute approximate surface area is 106 Å².